The van der Waals surface area contributed by atoms with Crippen molar-refractivity contribution in [3.63, 3.8) is 0 Å². The molecule has 2 heterocycles. The van der Waals surface area contributed by atoms with Crippen molar-refractivity contribution in [1.82, 2.24) is 15.1 Å². The lowest BCUT2D eigenvalue weighted by Gasteiger charge is -2.15. The van der Waals surface area contributed by atoms with E-state index in [1.165, 1.54) is 0 Å². The Hall–Kier alpha value is -1.65. The van der Waals surface area contributed by atoms with Crippen LogP contribution in [-0.2, 0) is 4.79 Å². The fraction of sp³-hybridized carbons (Fsp3) is 0.583. The van der Waals surface area contributed by atoms with Gasteiger partial charge in [-0.15, -0.1) is 5.10 Å². The van der Waals surface area contributed by atoms with Crippen molar-refractivity contribution in [3.8, 4) is 0 Å². The lowest BCUT2D eigenvalue weighted by atomic mass is 10.2. The number of likely N-dealkylation sites (tertiary alicyclic amines) is 1. The molecule has 0 bridgehead atoms. The summed E-state index contributed by atoms with van der Waals surface area (Å²) in [5, 5.41) is 11.0. The molecule has 1 aliphatic heterocycles. The van der Waals surface area contributed by atoms with Gasteiger partial charge in [0.15, 0.2) is 0 Å². The minimum atomic E-state index is 0.141. The molecule has 5 nitrogen and oxygen atoms in total. The summed E-state index contributed by atoms with van der Waals surface area (Å²) in [6, 6.07) is 1.92. The van der Waals surface area contributed by atoms with Crippen LogP contribution >= 0.6 is 0 Å². The third-order valence-electron chi connectivity index (χ3n) is 3.11. The van der Waals surface area contributed by atoms with E-state index >= 15 is 0 Å². The number of nitrogens with zero attached hydrogens (tertiary/aromatic N) is 3. The van der Waals surface area contributed by atoms with Crippen molar-refractivity contribution >= 4 is 11.7 Å². The highest BCUT2D eigenvalue weighted by Gasteiger charge is 2.17. The summed E-state index contributed by atoms with van der Waals surface area (Å²) in [7, 11) is 0. The van der Waals surface area contributed by atoms with Crippen molar-refractivity contribution in [3.05, 3.63) is 17.3 Å². The zero-order valence-corrected chi connectivity index (χ0v) is 10.4. The average Bonchev–Trinajstić information content (AvgIpc) is 2.84. The molecule has 0 radical (unpaired) electrons. The smallest absolute Gasteiger partial charge is 0.241 e. The van der Waals surface area contributed by atoms with E-state index in [-0.39, 0.29) is 5.91 Å². The van der Waals surface area contributed by atoms with Crippen molar-refractivity contribution in [2.75, 3.05) is 25.0 Å². The number of aromatic nitrogens is 2. The molecular formula is C12H18N4O. The molecule has 0 atom stereocenters. The van der Waals surface area contributed by atoms with Crippen LogP contribution in [0.3, 0.4) is 0 Å². The van der Waals surface area contributed by atoms with Crippen molar-refractivity contribution in [2.24, 2.45) is 0 Å². The molecule has 0 saturated carbocycles. The highest BCUT2D eigenvalue weighted by Crippen LogP contribution is 2.09. The number of hydrogen-bond donors (Lipinski definition) is 1. The number of carbonyl (C=O) groups is 1. The fourth-order valence-electron chi connectivity index (χ4n) is 1.88. The molecule has 1 aromatic heterocycles. The maximum absolute atomic E-state index is 11.8. The highest BCUT2D eigenvalue weighted by molar-refractivity contribution is 5.80. The number of hydrogen-bond acceptors (Lipinski definition) is 4. The minimum Gasteiger partial charge on any atom is -0.360 e. The molecule has 0 unspecified atom stereocenters. The van der Waals surface area contributed by atoms with E-state index in [9.17, 15) is 4.79 Å². The Kier molecular flexibility index (Phi) is 3.56. The van der Waals surface area contributed by atoms with Gasteiger partial charge in [0.25, 0.3) is 0 Å². The Balaban J connectivity index is 1.88. The molecule has 1 amide bonds. The molecule has 0 aliphatic carbocycles. The molecule has 17 heavy (non-hydrogen) atoms. The molecule has 2 rings (SSSR count). The first kappa shape index (κ1) is 11.8. The summed E-state index contributed by atoms with van der Waals surface area (Å²) in [5.41, 5.74) is 2.00. The molecule has 0 spiro atoms. The SMILES string of the molecule is Cc1cc(NCC(=O)N2CCCC2)nnc1C. The van der Waals surface area contributed by atoms with Gasteiger partial charge in [-0.3, -0.25) is 4.79 Å². The molecule has 1 aromatic rings. The number of carbonyl (C=O) groups excluding carboxylic acids is 1. The summed E-state index contributed by atoms with van der Waals surface area (Å²) >= 11 is 0. The van der Waals surface area contributed by atoms with Crippen LogP contribution in [0, 0.1) is 13.8 Å². The topological polar surface area (TPSA) is 58.1 Å². The van der Waals surface area contributed by atoms with Gasteiger partial charge < -0.3 is 10.2 Å². The predicted molar refractivity (Wildman–Crippen MR) is 65.8 cm³/mol. The van der Waals surface area contributed by atoms with E-state index in [4.69, 9.17) is 0 Å². The maximum atomic E-state index is 11.8. The number of amides is 1. The predicted octanol–water partition coefficient (Wildman–Crippen LogP) is 1.13. The van der Waals surface area contributed by atoms with Crippen LogP contribution in [0.25, 0.3) is 0 Å². The summed E-state index contributed by atoms with van der Waals surface area (Å²) in [5.74, 6) is 0.808. The van der Waals surface area contributed by atoms with Gasteiger partial charge in [0.1, 0.15) is 5.82 Å². The van der Waals surface area contributed by atoms with E-state index in [0.29, 0.717) is 12.4 Å². The van der Waals surface area contributed by atoms with Crippen molar-refractivity contribution < 1.29 is 4.79 Å². The number of rotatable bonds is 3. The van der Waals surface area contributed by atoms with Crippen LogP contribution in [0.15, 0.2) is 6.07 Å². The van der Waals surface area contributed by atoms with Crippen LogP contribution < -0.4 is 5.32 Å². The Morgan fingerprint density at radius 3 is 2.71 bits per heavy atom. The van der Waals surface area contributed by atoms with Crippen LogP contribution in [-0.4, -0.2) is 40.6 Å². The van der Waals surface area contributed by atoms with Crippen molar-refractivity contribution in [1.29, 1.82) is 0 Å². The second kappa shape index (κ2) is 5.12. The van der Waals surface area contributed by atoms with Gasteiger partial charge in [-0.25, -0.2) is 0 Å². The van der Waals surface area contributed by atoms with Gasteiger partial charge in [0, 0.05) is 13.1 Å². The molecule has 1 N–H and O–H groups in total. The largest absolute Gasteiger partial charge is 0.360 e. The lowest BCUT2D eigenvalue weighted by molar-refractivity contribution is -0.128. The zero-order valence-electron chi connectivity index (χ0n) is 10.4. The van der Waals surface area contributed by atoms with Gasteiger partial charge in [-0.05, 0) is 38.3 Å². The van der Waals surface area contributed by atoms with Gasteiger partial charge in [-0.1, -0.05) is 0 Å². The fourth-order valence-corrected chi connectivity index (χ4v) is 1.88. The number of anilines is 1. The van der Waals surface area contributed by atoms with Gasteiger partial charge in [-0.2, -0.15) is 5.10 Å². The molecular weight excluding hydrogens is 216 g/mol. The van der Waals surface area contributed by atoms with Gasteiger partial charge in [0.05, 0.1) is 12.2 Å². The van der Waals surface area contributed by atoms with E-state index in [2.05, 4.69) is 15.5 Å². The van der Waals surface area contributed by atoms with E-state index < -0.39 is 0 Å². The lowest BCUT2D eigenvalue weighted by Crippen LogP contribution is -2.33. The quantitative estimate of drug-likeness (QED) is 0.851. The standard InChI is InChI=1S/C12H18N4O/c1-9-7-11(15-14-10(9)2)13-8-12(17)16-5-3-4-6-16/h7H,3-6,8H2,1-2H3,(H,13,15). The summed E-state index contributed by atoms with van der Waals surface area (Å²) in [4.78, 5) is 13.7. The van der Waals surface area contributed by atoms with Crippen LogP contribution in [0.2, 0.25) is 0 Å². The van der Waals surface area contributed by atoms with Crippen LogP contribution in [0.1, 0.15) is 24.1 Å². The summed E-state index contributed by atoms with van der Waals surface area (Å²) in [6.45, 7) is 5.98. The first-order chi connectivity index (χ1) is 8.16. The van der Waals surface area contributed by atoms with Crippen LogP contribution in [0.4, 0.5) is 5.82 Å². The van der Waals surface area contributed by atoms with Gasteiger partial charge in [0.2, 0.25) is 5.91 Å². The zero-order chi connectivity index (χ0) is 12.3. The molecule has 1 fully saturated rings. The van der Waals surface area contributed by atoms with E-state index in [1.54, 1.807) is 0 Å². The van der Waals surface area contributed by atoms with Crippen molar-refractivity contribution in [2.45, 2.75) is 26.7 Å². The summed E-state index contributed by atoms with van der Waals surface area (Å²) in [6.07, 6.45) is 2.24. The second-order valence-corrected chi connectivity index (χ2v) is 4.44. The normalized spacial score (nSPS) is 15.1. The molecule has 92 valence electrons. The second-order valence-electron chi connectivity index (χ2n) is 4.44. The maximum Gasteiger partial charge on any atom is 0.241 e. The highest BCUT2D eigenvalue weighted by atomic mass is 16.2. The Morgan fingerprint density at radius 1 is 1.35 bits per heavy atom. The first-order valence-electron chi connectivity index (χ1n) is 5.99. The Bertz CT molecular complexity index is 413. The summed E-state index contributed by atoms with van der Waals surface area (Å²) < 4.78 is 0. The van der Waals surface area contributed by atoms with Gasteiger partial charge >= 0.3 is 0 Å². The number of nitrogens with one attached hydrogen (secondary N) is 1. The monoisotopic (exact) mass is 234 g/mol. The Labute approximate surface area is 101 Å². The third kappa shape index (κ3) is 2.93. The van der Waals surface area contributed by atoms with E-state index in [1.807, 2.05) is 24.8 Å². The van der Waals surface area contributed by atoms with E-state index in [0.717, 1.165) is 37.2 Å². The minimum absolute atomic E-state index is 0.141. The molecule has 5 heteroatoms. The number of aryl methyl sites for hydroxylation is 2. The average molecular weight is 234 g/mol. The van der Waals surface area contributed by atoms with Crippen LogP contribution in [0.5, 0.6) is 0 Å². The third-order valence-corrected chi connectivity index (χ3v) is 3.11. The molecule has 1 aliphatic rings. The molecule has 0 aromatic carbocycles. The Morgan fingerprint density at radius 2 is 2.06 bits per heavy atom. The molecule has 1 saturated heterocycles. The first-order valence-corrected chi connectivity index (χ1v) is 5.99.